The van der Waals surface area contributed by atoms with Gasteiger partial charge >= 0.3 is 0 Å². The van der Waals surface area contributed by atoms with E-state index in [-0.39, 0.29) is 0 Å². The van der Waals surface area contributed by atoms with Gasteiger partial charge in [0.15, 0.2) is 0 Å². The topological polar surface area (TPSA) is 3.24 Å². The Hall–Kier alpha value is -0.0400. The maximum Gasteiger partial charge on any atom is 0.0109 e. The van der Waals surface area contributed by atoms with E-state index in [0.29, 0.717) is 6.04 Å². The summed E-state index contributed by atoms with van der Waals surface area (Å²) in [6.07, 6.45) is 2.41. The molecule has 8 heavy (non-hydrogen) atoms. The van der Waals surface area contributed by atoms with Gasteiger partial charge in [0.05, 0.1) is 0 Å². The number of hydrogen-bond acceptors (Lipinski definition) is 1. The zero-order chi connectivity index (χ0) is 6.57. The average molecular weight is 114 g/mol. The Labute approximate surface area is 52.7 Å². The molecule has 0 bridgehead atoms. The van der Waals surface area contributed by atoms with Crippen molar-refractivity contribution in [1.82, 2.24) is 4.90 Å². The summed E-state index contributed by atoms with van der Waals surface area (Å²) >= 11 is 0. The predicted molar refractivity (Wildman–Crippen MR) is 37.5 cm³/mol. The van der Waals surface area contributed by atoms with Crippen LogP contribution in [-0.4, -0.2) is 18.0 Å². The smallest absolute Gasteiger partial charge is 0.0109 e. The lowest BCUT2D eigenvalue weighted by molar-refractivity contribution is 0.307. The predicted octanol–water partition coefficient (Wildman–Crippen LogP) is 1.90. The highest BCUT2D eigenvalue weighted by molar-refractivity contribution is 4.62. The minimum atomic E-state index is 0.676. The van der Waals surface area contributed by atoms with Crippen LogP contribution >= 0.6 is 0 Å². The van der Waals surface area contributed by atoms with Crippen LogP contribution in [0.4, 0.5) is 0 Å². The van der Waals surface area contributed by atoms with Crippen LogP contribution in [0.3, 0.4) is 0 Å². The number of rotatable bonds is 3. The fourth-order valence-corrected chi connectivity index (χ4v) is 0.912. The number of nitrogens with zero attached hydrogens (tertiary/aromatic N) is 1. The van der Waals surface area contributed by atoms with Gasteiger partial charge in [-0.2, -0.15) is 0 Å². The summed E-state index contributed by atoms with van der Waals surface area (Å²) in [6.45, 7) is 4.38. The van der Waals surface area contributed by atoms with Gasteiger partial charge in [-0.3, -0.25) is 0 Å². The van der Waals surface area contributed by atoms with Gasteiger partial charge in [-0.25, -0.2) is 0 Å². The molecular formula is C7H16N. The molecule has 0 atom stereocenters. The minimum Gasteiger partial charge on any atom is -0.302 e. The van der Waals surface area contributed by atoms with E-state index in [2.05, 4.69) is 20.9 Å². The second-order valence-electron chi connectivity index (χ2n) is 2.23. The van der Waals surface area contributed by atoms with Crippen LogP contribution in [0.25, 0.3) is 0 Å². The summed E-state index contributed by atoms with van der Waals surface area (Å²) in [7, 11) is 5.84. The Morgan fingerprint density at radius 1 is 1.38 bits per heavy atom. The van der Waals surface area contributed by atoms with Crippen LogP contribution in [0, 0.1) is 7.05 Å². The van der Waals surface area contributed by atoms with Crippen molar-refractivity contribution in [2.45, 2.75) is 32.7 Å². The summed E-state index contributed by atoms with van der Waals surface area (Å²) in [4.78, 5) is 2.03. The van der Waals surface area contributed by atoms with Crippen molar-refractivity contribution < 1.29 is 0 Å². The maximum atomic E-state index is 3.81. The van der Waals surface area contributed by atoms with Crippen LogP contribution in [0.5, 0.6) is 0 Å². The van der Waals surface area contributed by atoms with Gasteiger partial charge in [0.2, 0.25) is 0 Å². The molecule has 1 radical (unpaired) electrons. The molecule has 0 aromatic carbocycles. The van der Waals surface area contributed by atoms with Crippen molar-refractivity contribution in [1.29, 1.82) is 0 Å². The summed E-state index contributed by atoms with van der Waals surface area (Å²) in [6, 6.07) is 0.676. The van der Waals surface area contributed by atoms with Crippen molar-refractivity contribution >= 4 is 0 Å². The fraction of sp³-hybridized carbons (Fsp3) is 0.857. The molecule has 1 nitrogen and oxygen atoms in total. The third-order valence-electron chi connectivity index (χ3n) is 1.57. The van der Waals surface area contributed by atoms with E-state index in [4.69, 9.17) is 0 Å². The first kappa shape index (κ1) is 7.96. The molecule has 0 aromatic rings. The lowest BCUT2D eigenvalue weighted by Gasteiger charge is -2.19. The molecule has 1 heteroatoms. The van der Waals surface area contributed by atoms with Crippen LogP contribution < -0.4 is 0 Å². The summed E-state index contributed by atoms with van der Waals surface area (Å²) in [5.41, 5.74) is 0. The number of hydrogen-bond donors (Lipinski definition) is 0. The fourth-order valence-electron chi connectivity index (χ4n) is 0.912. The molecule has 0 N–H and O–H groups in total. The molecule has 0 aliphatic heterocycles. The van der Waals surface area contributed by atoms with Gasteiger partial charge in [0.1, 0.15) is 0 Å². The molecule has 0 fully saturated rings. The van der Waals surface area contributed by atoms with Crippen molar-refractivity contribution in [3.05, 3.63) is 7.05 Å². The van der Waals surface area contributed by atoms with Crippen molar-refractivity contribution in [2.75, 3.05) is 7.05 Å². The second kappa shape index (κ2) is 3.90. The molecule has 0 aromatic heterocycles. The third kappa shape index (κ3) is 2.31. The van der Waals surface area contributed by atoms with Gasteiger partial charge < -0.3 is 4.90 Å². The molecule has 0 heterocycles. The molecule has 0 aliphatic rings. The zero-order valence-electron chi connectivity index (χ0n) is 6.15. The van der Waals surface area contributed by atoms with E-state index in [1.165, 1.54) is 12.8 Å². The van der Waals surface area contributed by atoms with E-state index in [1.807, 2.05) is 11.9 Å². The summed E-state index contributed by atoms with van der Waals surface area (Å²) < 4.78 is 0. The average Bonchev–Trinajstić information content (AvgIpc) is 1.69. The zero-order valence-corrected chi connectivity index (χ0v) is 6.15. The molecular weight excluding hydrogens is 98.1 g/mol. The Kier molecular flexibility index (Phi) is 3.88. The van der Waals surface area contributed by atoms with Gasteiger partial charge in [-0.05, 0) is 19.9 Å². The van der Waals surface area contributed by atoms with Crippen LogP contribution in [0.15, 0.2) is 0 Å². The Morgan fingerprint density at radius 3 is 1.75 bits per heavy atom. The first-order valence-electron chi connectivity index (χ1n) is 3.25. The maximum absolute atomic E-state index is 3.81. The van der Waals surface area contributed by atoms with Gasteiger partial charge in [0, 0.05) is 13.1 Å². The Balaban J connectivity index is 3.35. The highest BCUT2D eigenvalue weighted by Gasteiger charge is 2.03. The van der Waals surface area contributed by atoms with E-state index in [9.17, 15) is 0 Å². The summed E-state index contributed by atoms with van der Waals surface area (Å²) in [5.74, 6) is 0. The van der Waals surface area contributed by atoms with Gasteiger partial charge in [0.25, 0.3) is 0 Å². The van der Waals surface area contributed by atoms with E-state index in [1.54, 1.807) is 0 Å². The van der Waals surface area contributed by atoms with Crippen molar-refractivity contribution in [3.63, 3.8) is 0 Å². The van der Waals surface area contributed by atoms with Gasteiger partial charge in [-0.15, -0.1) is 0 Å². The molecule has 0 aliphatic carbocycles. The van der Waals surface area contributed by atoms with Crippen LogP contribution in [0.1, 0.15) is 26.7 Å². The standard InChI is InChI=1S/C7H16N/c1-5-7(6-2)8(3)4/h7H,3,5-6H2,1-2,4H3. The molecule has 0 rings (SSSR count). The second-order valence-corrected chi connectivity index (χ2v) is 2.23. The monoisotopic (exact) mass is 114 g/mol. The molecule has 0 spiro atoms. The molecule has 0 saturated carbocycles. The Morgan fingerprint density at radius 2 is 1.75 bits per heavy atom. The highest BCUT2D eigenvalue weighted by Crippen LogP contribution is 2.02. The summed E-state index contributed by atoms with van der Waals surface area (Å²) in [5, 5.41) is 0. The molecule has 0 amide bonds. The quantitative estimate of drug-likeness (QED) is 0.541. The molecule has 0 unspecified atom stereocenters. The SMILES string of the molecule is [CH2]N(C)C(CC)CC. The minimum absolute atomic E-state index is 0.676. The lowest BCUT2D eigenvalue weighted by atomic mass is 10.1. The largest absolute Gasteiger partial charge is 0.302 e. The van der Waals surface area contributed by atoms with Gasteiger partial charge in [-0.1, -0.05) is 13.8 Å². The molecule has 49 valence electrons. The first-order valence-corrected chi connectivity index (χ1v) is 3.25. The highest BCUT2D eigenvalue weighted by atomic mass is 15.1. The first-order chi connectivity index (χ1) is 3.72. The van der Waals surface area contributed by atoms with Crippen LogP contribution in [-0.2, 0) is 0 Å². The lowest BCUT2D eigenvalue weighted by Crippen LogP contribution is -2.23. The molecule has 0 saturated heterocycles. The van der Waals surface area contributed by atoms with E-state index in [0.717, 1.165) is 0 Å². The van der Waals surface area contributed by atoms with Crippen molar-refractivity contribution in [2.24, 2.45) is 0 Å². The van der Waals surface area contributed by atoms with E-state index >= 15 is 0 Å². The van der Waals surface area contributed by atoms with E-state index < -0.39 is 0 Å². The third-order valence-corrected chi connectivity index (χ3v) is 1.57. The van der Waals surface area contributed by atoms with Crippen LogP contribution in [0.2, 0.25) is 0 Å². The normalized spacial score (nSPS) is 11.2. The van der Waals surface area contributed by atoms with Crippen molar-refractivity contribution in [3.8, 4) is 0 Å². The Bertz CT molecular complexity index is 46.3.